The summed E-state index contributed by atoms with van der Waals surface area (Å²) < 4.78 is 15.6. The molecule has 1 atom stereocenters. The fourth-order valence-corrected chi connectivity index (χ4v) is 3.07. The highest BCUT2D eigenvalue weighted by atomic mass is 16.7. The van der Waals surface area contributed by atoms with Crippen LogP contribution in [-0.4, -0.2) is 49.3 Å². The topological polar surface area (TPSA) is 77.1 Å². The minimum atomic E-state index is -0.846. The molecule has 130 valence electrons. The molecule has 2 heterocycles. The Morgan fingerprint density at radius 2 is 2.17 bits per heavy atom. The number of nitrogens with zero attached hydrogens (tertiary/aromatic N) is 1. The second-order valence-corrected chi connectivity index (χ2v) is 6.19. The van der Waals surface area contributed by atoms with Gasteiger partial charge in [-0.25, -0.2) is 0 Å². The van der Waals surface area contributed by atoms with Gasteiger partial charge in [0.2, 0.25) is 18.6 Å². The summed E-state index contributed by atoms with van der Waals surface area (Å²) in [6, 6.07) is 5.58. The Hall–Kier alpha value is -2.28. The second kappa shape index (κ2) is 6.68. The lowest BCUT2D eigenvalue weighted by molar-refractivity contribution is -0.141. The molecule has 0 radical (unpaired) electrons. The van der Waals surface area contributed by atoms with Crippen LogP contribution in [0.5, 0.6) is 11.5 Å². The lowest BCUT2D eigenvalue weighted by Crippen LogP contribution is -2.54. The molecular formula is C17H22N2O5. The molecule has 0 saturated carbocycles. The van der Waals surface area contributed by atoms with Crippen LogP contribution in [0.3, 0.4) is 0 Å². The van der Waals surface area contributed by atoms with Crippen LogP contribution in [0.15, 0.2) is 18.2 Å². The van der Waals surface area contributed by atoms with Gasteiger partial charge in [-0.2, -0.15) is 0 Å². The summed E-state index contributed by atoms with van der Waals surface area (Å²) in [4.78, 5) is 26.5. The number of benzene rings is 1. The molecule has 24 heavy (non-hydrogen) atoms. The molecule has 2 amide bonds. The van der Waals surface area contributed by atoms with Crippen molar-refractivity contribution >= 4 is 11.8 Å². The summed E-state index contributed by atoms with van der Waals surface area (Å²) in [5, 5.41) is 2.84. The molecule has 0 spiro atoms. The molecular weight excluding hydrogens is 312 g/mol. The first kappa shape index (κ1) is 16.6. The molecule has 1 saturated heterocycles. The summed E-state index contributed by atoms with van der Waals surface area (Å²) >= 11 is 0. The number of methoxy groups -OCH3 is 1. The number of fused-ring (bicyclic) bond motifs is 1. The normalized spacial score (nSPS) is 22.1. The van der Waals surface area contributed by atoms with Gasteiger partial charge in [-0.05, 0) is 31.0 Å². The molecule has 0 aliphatic carbocycles. The molecule has 1 N–H and O–H groups in total. The smallest absolute Gasteiger partial charge is 0.245 e. The molecule has 2 aliphatic heterocycles. The van der Waals surface area contributed by atoms with Gasteiger partial charge >= 0.3 is 0 Å². The predicted molar refractivity (Wildman–Crippen MR) is 85.6 cm³/mol. The van der Waals surface area contributed by atoms with Gasteiger partial charge in [-0.1, -0.05) is 6.07 Å². The first-order valence-electron chi connectivity index (χ1n) is 8.01. The Bertz CT molecular complexity index is 648. The van der Waals surface area contributed by atoms with Crippen molar-refractivity contribution in [1.29, 1.82) is 0 Å². The van der Waals surface area contributed by atoms with Gasteiger partial charge in [0.1, 0.15) is 5.54 Å². The quantitative estimate of drug-likeness (QED) is 0.787. The molecule has 1 aromatic carbocycles. The van der Waals surface area contributed by atoms with E-state index in [0.29, 0.717) is 44.0 Å². The molecule has 1 fully saturated rings. The van der Waals surface area contributed by atoms with E-state index in [2.05, 4.69) is 5.32 Å². The van der Waals surface area contributed by atoms with Gasteiger partial charge in [0.15, 0.2) is 11.5 Å². The maximum atomic E-state index is 12.6. The van der Waals surface area contributed by atoms with E-state index in [-0.39, 0.29) is 18.6 Å². The zero-order valence-corrected chi connectivity index (χ0v) is 14.0. The van der Waals surface area contributed by atoms with E-state index in [1.165, 1.54) is 0 Å². The van der Waals surface area contributed by atoms with Crippen LogP contribution in [0, 0.1) is 0 Å². The van der Waals surface area contributed by atoms with E-state index in [0.717, 1.165) is 5.56 Å². The number of hydrogen-bond donors (Lipinski definition) is 1. The van der Waals surface area contributed by atoms with Crippen LogP contribution in [0.1, 0.15) is 25.3 Å². The van der Waals surface area contributed by atoms with Crippen molar-refractivity contribution in [3.05, 3.63) is 23.8 Å². The average molecular weight is 334 g/mol. The minimum Gasteiger partial charge on any atom is -0.454 e. The summed E-state index contributed by atoms with van der Waals surface area (Å²) in [6.07, 6.45) is 0.883. The van der Waals surface area contributed by atoms with E-state index in [9.17, 15) is 9.59 Å². The van der Waals surface area contributed by atoms with Crippen LogP contribution in [-0.2, 0) is 20.9 Å². The number of ether oxygens (including phenoxy) is 3. The monoisotopic (exact) mass is 334 g/mol. The summed E-state index contributed by atoms with van der Waals surface area (Å²) in [7, 11) is 1.58. The number of likely N-dealkylation sites (tertiary alicyclic amines) is 1. The van der Waals surface area contributed by atoms with E-state index in [1.807, 2.05) is 25.1 Å². The van der Waals surface area contributed by atoms with E-state index < -0.39 is 5.54 Å². The summed E-state index contributed by atoms with van der Waals surface area (Å²) in [5.74, 6) is 1.21. The highest BCUT2D eigenvalue weighted by Crippen LogP contribution is 2.36. The highest BCUT2D eigenvalue weighted by molar-refractivity contribution is 5.94. The van der Waals surface area contributed by atoms with Crippen LogP contribution in [0.4, 0.5) is 0 Å². The summed E-state index contributed by atoms with van der Waals surface area (Å²) in [5.41, 5.74) is 0.0618. The van der Waals surface area contributed by atoms with Crippen LogP contribution < -0.4 is 14.8 Å². The fraction of sp³-hybridized carbons (Fsp3) is 0.529. The van der Waals surface area contributed by atoms with Crippen molar-refractivity contribution in [2.24, 2.45) is 0 Å². The third kappa shape index (κ3) is 3.03. The zero-order valence-electron chi connectivity index (χ0n) is 14.0. The third-order valence-electron chi connectivity index (χ3n) is 4.58. The van der Waals surface area contributed by atoms with Crippen molar-refractivity contribution in [1.82, 2.24) is 10.2 Å². The molecule has 1 aromatic rings. The third-order valence-corrected chi connectivity index (χ3v) is 4.58. The molecule has 7 heteroatoms. The van der Waals surface area contributed by atoms with E-state index in [1.54, 1.807) is 12.0 Å². The Morgan fingerprint density at radius 3 is 2.96 bits per heavy atom. The van der Waals surface area contributed by atoms with Crippen molar-refractivity contribution in [3.8, 4) is 11.5 Å². The summed E-state index contributed by atoms with van der Waals surface area (Å²) in [6.45, 7) is 3.26. The van der Waals surface area contributed by atoms with Crippen molar-refractivity contribution in [2.75, 3.05) is 27.1 Å². The highest BCUT2D eigenvalue weighted by Gasteiger charge is 2.47. The van der Waals surface area contributed by atoms with Crippen molar-refractivity contribution < 1.29 is 23.8 Å². The second-order valence-electron chi connectivity index (χ2n) is 6.19. The Labute approximate surface area is 140 Å². The maximum absolute atomic E-state index is 12.6. The SMILES string of the molecule is COCCNC(=O)[C@@]1(C)CCC(=O)N1Cc1ccc2c(c1)OCO2. The van der Waals surface area contributed by atoms with E-state index >= 15 is 0 Å². The van der Waals surface area contributed by atoms with Gasteiger partial charge in [0, 0.05) is 26.6 Å². The largest absolute Gasteiger partial charge is 0.454 e. The number of nitrogens with one attached hydrogen (secondary N) is 1. The lowest BCUT2D eigenvalue weighted by atomic mass is 9.97. The van der Waals surface area contributed by atoms with Gasteiger partial charge in [0.05, 0.1) is 6.61 Å². The molecule has 0 aromatic heterocycles. The van der Waals surface area contributed by atoms with E-state index in [4.69, 9.17) is 14.2 Å². The lowest BCUT2D eigenvalue weighted by Gasteiger charge is -2.34. The standard InChI is InChI=1S/C17H22N2O5/c1-17(16(21)18-7-8-22-2)6-5-15(20)19(17)10-12-3-4-13-14(9-12)24-11-23-13/h3-4,9H,5-8,10-11H2,1-2H3,(H,18,21)/t17-/m1/s1. The number of rotatable bonds is 6. The zero-order chi connectivity index (χ0) is 17.2. The minimum absolute atomic E-state index is 0.0166. The fourth-order valence-electron chi connectivity index (χ4n) is 3.07. The van der Waals surface area contributed by atoms with Crippen LogP contribution >= 0.6 is 0 Å². The first-order chi connectivity index (χ1) is 11.5. The Morgan fingerprint density at radius 1 is 1.38 bits per heavy atom. The number of carbonyl (C=O) groups is 2. The predicted octanol–water partition coefficient (Wildman–Crippen LogP) is 1.06. The number of carbonyl (C=O) groups excluding carboxylic acids is 2. The van der Waals surface area contributed by atoms with Gasteiger partial charge in [-0.15, -0.1) is 0 Å². The van der Waals surface area contributed by atoms with Gasteiger partial charge in [0.25, 0.3) is 0 Å². The Balaban J connectivity index is 1.74. The van der Waals surface area contributed by atoms with Crippen molar-refractivity contribution in [3.63, 3.8) is 0 Å². The molecule has 3 rings (SSSR count). The molecule has 2 aliphatic rings. The van der Waals surface area contributed by atoms with Gasteiger partial charge < -0.3 is 24.4 Å². The molecule has 0 unspecified atom stereocenters. The molecule has 0 bridgehead atoms. The maximum Gasteiger partial charge on any atom is 0.245 e. The van der Waals surface area contributed by atoms with Gasteiger partial charge in [-0.3, -0.25) is 9.59 Å². The first-order valence-corrected chi connectivity index (χ1v) is 8.01. The number of hydrogen-bond acceptors (Lipinski definition) is 5. The average Bonchev–Trinajstić information content (AvgIpc) is 3.15. The van der Waals surface area contributed by atoms with Crippen LogP contribution in [0.2, 0.25) is 0 Å². The number of amides is 2. The van der Waals surface area contributed by atoms with Crippen LogP contribution in [0.25, 0.3) is 0 Å². The van der Waals surface area contributed by atoms with Crippen molar-refractivity contribution in [2.45, 2.75) is 31.8 Å². The molecule has 7 nitrogen and oxygen atoms in total. The Kier molecular flexibility index (Phi) is 4.62.